The van der Waals surface area contributed by atoms with Crippen molar-refractivity contribution in [1.82, 2.24) is 0 Å². The van der Waals surface area contributed by atoms with Crippen molar-refractivity contribution in [3.8, 4) is 0 Å². The first kappa shape index (κ1) is 21.8. The molecule has 0 saturated heterocycles. The first-order chi connectivity index (χ1) is 12.3. The maximum atomic E-state index is 11.6. The van der Waals surface area contributed by atoms with Crippen molar-refractivity contribution < 1.29 is 4.92 Å². The average Bonchev–Trinajstić information content (AvgIpc) is 2.58. The highest BCUT2D eigenvalue weighted by atomic mass is 35.5. The highest BCUT2D eigenvalue weighted by molar-refractivity contribution is 8.22. The van der Waals surface area contributed by atoms with E-state index in [4.69, 9.17) is 58.0 Å². The summed E-state index contributed by atoms with van der Waals surface area (Å²) in [5.74, 6) is 0. The second-order valence-electron chi connectivity index (χ2n) is 4.58. The molecule has 10 heteroatoms. The van der Waals surface area contributed by atoms with Crippen LogP contribution in [0.4, 0.5) is 0 Å². The van der Waals surface area contributed by atoms with Crippen LogP contribution in [-0.4, -0.2) is 4.92 Å². The molecular formula is C16H8Cl5NO2S2. The van der Waals surface area contributed by atoms with Crippen LogP contribution in [0.5, 0.6) is 0 Å². The highest BCUT2D eigenvalue weighted by Gasteiger charge is 2.27. The zero-order valence-corrected chi connectivity index (χ0v) is 18.0. The topological polar surface area (TPSA) is 43.1 Å². The van der Waals surface area contributed by atoms with Gasteiger partial charge in [-0.1, -0.05) is 81.5 Å². The molecule has 0 radical (unpaired) electrons. The number of thioether (sulfide) groups is 2. The van der Waals surface area contributed by atoms with E-state index in [0.29, 0.717) is 14.3 Å². The van der Waals surface area contributed by atoms with Crippen molar-refractivity contribution in [2.75, 3.05) is 0 Å². The number of benzene rings is 2. The van der Waals surface area contributed by atoms with Gasteiger partial charge < -0.3 is 0 Å². The van der Waals surface area contributed by atoms with Crippen molar-refractivity contribution in [2.24, 2.45) is 0 Å². The summed E-state index contributed by atoms with van der Waals surface area (Å²) in [4.78, 5) is 12.5. The van der Waals surface area contributed by atoms with E-state index >= 15 is 0 Å². The Morgan fingerprint density at radius 3 is 1.50 bits per heavy atom. The maximum Gasteiger partial charge on any atom is 0.310 e. The Morgan fingerprint density at radius 2 is 1.19 bits per heavy atom. The molecule has 2 aromatic rings. The lowest BCUT2D eigenvalue weighted by molar-refractivity contribution is -0.419. The number of rotatable bonds is 6. The monoisotopic (exact) mass is 485 g/mol. The van der Waals surface area contributed by atoms with Gasteiger partial charge in [-0.2, -0.15) is 0 Å². The van der Waals surface area contributed by atoms with Gasteiger partial charge in [-0.05, 0) is 48.5 Å². The SMILES string of the molecule is O=[N+]([O-])C(=C(Sc1ccc(Cl)cc1)Sc1ccc(Cl)cc1)C(Cl)=C(Cl)Cl. The van der Waals surface area contributed by atoms with Gasteiger partial charge in [0.2, 0.25) is 0 Å². The van der Waals surface area contributed by atoms with Gasteiger partial charge in [0, 0.05) is 19.8 Å². The van der Waals surface area contributed by atoms with Crippen LogP contribution in [0.25, 0.3) is 0 Å². The summed E-state index contributed by atoms with van der Waals surface area (Å²) in [6.45, 7) is 0. The van der Waals surface area contributed by atoms with Crippen molar-refractivity contribution >= 4 is 81.5 Å². The minimum atomic E-state index is -0.617. The van der Waals surface area contributed by atoms with E-state index in [9.17, 15) is 10.1 Å². The minimum Gasteiger partial charge on any atom is -0.258 e. The number of nitro groups is 1. The molecule has 0 atom stereocenters. The standard InChI is InChI=1S/C16H8Cl5NO2S2/c17-9-1-5-11(6-2-9)25-16(14(22(23)24)13(19)15(20)21)26-12-7-3-10(18)4-8-12/h1-8H. The van der Waals surface area contributed by atoms with Crippen LogP contribution in [0.15, 0.2) is 77.8 Å². The highest BCUT2D eigenvalue weighted by Crippen LogP contribution is 2.45. The molecule has 136 valence electrons. The van der Waals surface area contributed by atoms with Gasteiger partial charge in [-0.15, -0.1) is 0 Å². The predicted octanol–water partition coefficient (Wildman–Crippen LogP) is 8.21. The number of nitrogens with zero attached hydrogens (tertiary/aromatic N) is 1. The molecule has 0 fully saturated rings. The Kier molecular flexibility index (Phi) is 8.48. The van der Waals surface area contributed by atoms with Crippen LogP contribution in [0.1, 0.15) is 0 Å². The quantitative estimate of drug-likeness (QED) is 0.178. The molecule has 2 aromatic carbocycles. The summed E-state index contributed by atoms with van der Waals surface area (Å²) in [5.41, 5.74) is -0.383. The smallest absolute Gasteiger partial charge is 0.258 e. The molecule has 0 aliphatic carbocycles. The van der Waals surface area contributed by atoms with Gasteiger partial charge in [0.15, 0.2) is 5.03 Å². The molecule has 26 heavy (non-hydrogen) atoms. The Hall–Kier alpha value is -0.530. The molecule has 0 unspecified atom stereocenters. The molecule has 0 aromatic heterocycles. The van der Waals surface area contributed by atoms with E-state index in [-0.39, 0.29) is 15.2 Å². The van der Waals surface area contributed by atoms with Gasteiger partial charge >= 0.3 is 5.70 Å². The number of hydrogen-bond acceptors (Lipinski definition) is 4. The molecule has 3 nitrogen and oxygen atoms in total. The molecule has 0 N–H and O–H groups in total. The molecule has 0 amide bonds. The number of halogens is 5. The van der Waals surface area contributed by atoms with Crippen molar-refractivity contribution in [3.05, 3.63) is 88.1 Å². The summed E-state index contributed by atoms with van der Waals surface area (Å²) in [6, 6.07) is 13.7. The van der Waals surface area contributed by atoms with Crippen molar-refractivity contribution in [2.45, 2.75) is 9.79 Å². The third-order valence-electron chi connectivity index (χ3n) is 2.80. The van der Waals surface area contributed by atoms with Gasteiger partial charge in [-0.3, -0.25) is 10.1 Å². The lowest BCUT2D eigenvalue weighted by atomic mass is 10.4. The first-order valence-corrected chi connectivity index (χ1v) is 10.3. The predicted molar refractivity (Wildman–Crippen MR) is 113 cm³/mol. The van der Waals surface area contributed by atoms with E-state index in [1.165, 1.54) is 0 Å². The van der Waals surface area contributed by atoms with Gasteiger partial charge in [0.1, 0.15) is 8.73 Å². The first-order valence-electron chi connectivity index (χ1n) is 6.74. The Morgan fingerprint density at radius 1 is 0.808 bits per heavy atom. The summed E-state index contributed by atoms with van der Waals surface area (Å²) >= 11 is 31.4. The second-order valence-corrected chi connectivity index (χ2v) is 9.21. The molecule has 0 saturated carbocycles. The third kappa shape index (κ3) is 6.27. The van der Waals surface area contributed by atoms with Crippen molar-refractivity contribution in [3.63, 3.8) is 0 Å². The third-order valence-corrected chi connectivity index (χ3v) is 6.51. The van der Waals surface area contributed by atoms with Gasteiger partial charge in [0.25, 0.3) is 0 Å². The molecule has 0 aliphatic rings. The summed E-state index contributed by atoms with van der Waals surface area (Å²) in [7, 11) is 0. The van der Waals surface area contributed by atoms with Gasteiger partial charge in [0.05, 0.1) is 4.92 Å². The average molecular weight is 488 g/mol. The fourth-order valence-electron chi connectivity index (χ4n) is 1.67. The fourth-order valence-corrected chi connectivity index (χ4v) is 4.64. The molecule has 2 rings (SSSR count). The van der Waals surface area contributed by atoms with E-state index in [2.05, 4.69) is 0 Å². The molecule has 0 heterocycles. The van der Waals surface area contributed by atoms with Crippen LogP contribution < -0.4 is 0 Å². The van der Waals surface area contributed by atoms with Crippen molar-refractivity contribution in [1.29, 1.82) is 0 Å². The Labute approximate surface area is 183 Å². The number of hydrogen-bond donors (Lipinski definition) is 0. The lowest BCUT2D eigenvalue weighted by Gasteiger charge is -2.09. The Bertz CT molecular complexity index is 814. The molecule has 0 spiro atoms. The van der Waals surface area contributed by atoms with E-state index in [0.717, 1.165) is 33.3 Å². The lowest BCUT2D eigenvalue weighted by Crippen LogP contribution is -2.02. The zero-order valence-electron chi connectivity index (χ0n) is 12.6. The zero-order chi connectivity index (χ0) is 19.3. The molecule has 0 bridgehead atoms. The normalized spacial score (nSPS) is 10.3. The van der Waals surface area contributed by atoms with Gasteiger partial charge in [-0.25, -0.2) is 0 Å². The number of allylic oxidation sites excluding steroid dienone is 1. The van der Waals surface area contributed by atoms with Crippen LogP contribution in [0, 0.1) is 10.1 Å². The Balaban J connectivity index is 2.53. The van der Waals surface area contributed by atoms with E-state index in [1.54, 1.807) is 48.5 Å². The summed E-state index contributed by atoms with van der Waals surface area (Å²) in [6.07, 6.45) is 0. The minimum absolute atomic E-state index is 0.295. The maximum absolute atomic E-state index is 11.6. The van der Waals surface area contributed by atoms with E-state index < -0.39 is 4.92 Å². The summed E-state index contributed by atoms with van der Waals surface area (Å²) in [5, 5.41) is 12.4. The summed E-state index contributed by atoms with van der Waals surface area (Å²) < 4.78 is -0.0901. The van der Waals surface area contributed by atoms with E-state index in [1.807, 2.05) is 0 Å². The van der Waals surface area contributed by atoms with Crippen LogP contribution in [0.3, 0.4) is 0 Å². The molecule has 0 aliphatic heterocycles. The largest absolute Gasteiger partial charge is 0.310 e. The van der Waals surface area contributed by atoms with Crippen LogP contribution >= 0.6 is 81.5 Å². The fraction of sp³-hybridized carbons (Fsp3) is 0. The van der Waals surface area contributed by atoms with Crippen LogP contribution in [0.2, 0.25) is 10.0 Å². The van der Waals surface area contributed by atoms with Crippen LogP contribution in [-0.2, 0) is 0 Å². The second kappa shape index (κ2) is 10.1. The molecular weight excluding hydrogens is 480 g/mol.